The van der Waals surface area contributed by atoms with Crippen LogP contribution < -0.4 is 20.4 Å². The zero-order chi connectivity index (χ0) is 32.5. The van der Waals surface area contributed by atoms with Crippen molar-refractivity contribution in [3.63, 3.8) is 0 Å². The van der Waals surface area contributed by atoms with E-state index in [0.29, 0.717) is 38.0 Å². The number of hydrogen-bond donors (Lipinski definition) is 4. The van der Waals surface area contributed by atoms with E-state index in [1.54, 1.807) is 36.4 Å². The second kappa shape index (κ2) is 16.2. The average molecular weight is 735 g/mol. The summed E-state index contributed by atoms with van der Waals surface area (Å²) >= 11 is 2.04. The van der Waals surface area contributed by atoms with Gasteiger partial charge in [-0.15, -0.1) is 0 Å². The van der Waals surface area contributed by atoms with Gasteiger partial charge in [-0.3, -0.25) is 9.59 Å². The average Bonchev–Trinajstić information content (AvgIpc) is 3.04. The first-order chi connectivity index (χ1) is 21.7. The number of methoxy groups -OCH3 is 1. The SMILES string of the molecule is CCCCCCN(C(=O)c1cc2ccccc2oc1=O)[C@@H]1CC(C(=O)NCCO)=C[C@H](Oc2c(I)cc(CO)cc2OC)[C@H]1O. The molecule has 2 aromatic carbocycles. The maximum Gasteiger partial charge on any atom is 0.349 e. The van der Waals surface area contributed by atoms with Gasteiger partial charge in [0.25, 0.3) is 5.91 Å². The Bertz CT molecular complexity index is 1590. The number of para-hydroxylation sites is 1. The second-order valence-electron chi connectivity index (χ2n) is 10.8. The summed E-state index contributed by atoms with van der Waals surface area (Å²) in [5.74, 6) is -0.482. The minimum atomic E-state index is -1.31. The van der Waals surface area contributed by atoms with Crippen LogP contribution in [0.5, 0.6) is 11.5 Å². The summed E-state index contributed by atoms with van der Waals surface area (Å²) in [5, 5.41) is 34.0. The third kappa shape index (κ3) is 8.23. The summed E-state index contributed by atoms with van der Waals surface area (Å²) in [6.07, 6.45) is 2.42. The maximum atomic E-state index is 14.2. The predicted molar refractivity (Wildman–Crippen MR) is 176 cm³/mol. The molecular weight excluding hydrogens is 695 g/mol. The minimum absolute atomic E-state index is 0.0149. The van der Waals surface area contributed by atoms with Crippen LogP contribution in [-0.4, -0.2) is 77.1 Å². The molecule has 0 fully saturated rings. The van der Waals surface area contributed by atoms with Gasteiger partial charge in [0.05, 0.1) is 29.9 Å². The molecule has 0 saturated heterocycles. The number of nitrogens with zero attached hydrogens (tertiary/aromatic N) is 1. The van der Waals surface area contributed by atoms with Crippen molar-refractivity contribution >= 4 is 45.4 Å². The van der Waals surface area contributed by atoms with Crippen molar-refractivity contribution in [3.05, 3.63) is 79.2 Å². The lowest BCUT2D eigenvalue weighted by Gasteiger charge is -2.40. The molecule has 11 nitrogen and oxygen atoms in total. The van der Waals surface area contributed by atoms with Crippen molar-refractivity contribution in [2.75, 3.05) is 26.8 Å². The molecule has 0 radical (unpaired) electrons. The molecule has 242 valence electrons. The smallest absolute Gasteiger partial charge is 0.349 e. The normalized spacial score (nSPS) is 17.9. The number of rotatable bonds is 14. The number of halogens is 1. The molecule has 0 bridgehead atoms. The van der Waals surface area contributed by atoms with E-state index >= 15 is 0 Å². The summed E-state index contributed by atoms with van der Waals surface area (Å²) in [5.41, 5.74) is 0.229. The highest BCUT2D eigenvalue weighted by atomic mass is 127. The van der Waals surface area contributed by atoms with Crippen LogP contribution in [0.3, 0.4) is 0 Å². The number of hydrogen-bond acceptors (Lipinski definition) is 9. The van der Waals surface area contributed by atoms with Crippen molar-refractivity contribution in [3.8, 4) is 11.5 Å². The Kier molecular flexibility index (Phi) is 12.4. The first kappa shape index (κ1) is 34.4. The van der Waals surface area contributed by atoms with Gasteiger partial charge in [-0.1, -0.05) is 44.4 Å². The number of amides is 2. The molecule has 3 aromatic rings. The monoisotopic (exact) mass is 734 g/mol. The molecule has 12 heteroatoms. The Morgan fingerprint density at radius 3 is 2.62 bits per heavy atom. The van der Waals surface area contributed by atoms with E-state index in [0.717, 1.165) is 19.3 Å². The van der Waals surface area contributed by atoms with E-state index in [-0.39, 0.29) is 43.9 Å². The molecule has 2 amide bonds. The fraction of sp³-hybridized carbons (Fsp3) is 0.424. The van der Waals surface area contributed by atoms with Crippen LogP contribution in [0.15, 0.2) is 63.3 Å². The number of aliphatic hydroxyl groups excluding tert-OH is 3. The predicted octanol–water partition coefficient (Wildman–Crippen LogP) is 3.54. The Morgan fingerprint density at radius 2 is 1.91 bits per heavy atom. The fourth-order valence-corrected chi connectivity index (χ4v) is 6.18. The van der Waals surface area contributed by atoms with Gasteiger partial charge in [-0.2, -0.15) is 0 Å². The summed E-state index contributed by atoms with van der Waals surface area (Å²) in [4.78, 5) is 41.9. The molecule has 45 heavy (non-hydrogen) atoms. The van der Waals surface area contributed by atoms with Gasteiger partial charge in [0.1, 0.15) is 23.4 Å². The molecule has 0 aliphatic heterocycles. The third-order valence-corrected chi connectivity index (χ3v) is 8.53. The van der Waals surface area contributed by atoms with Crippen molar-refractivity contribution in [2.45, 2.75) is 63.9 Å². The molecule has 1 aromatic heterocycles. The number of carbonyl (C=O) groups excluding carboxylic acids is 2. The molecule has 1 aliphatic rings. The van der Waals surface area contributed by atoms with Crippen LogP contribution in [0.25, 0.3) is 11.0 Å². The lowest BCUT2D eigenvalue weighted by atomic mass is 9.87. The van der Waals surface area contributed by atoms with Crippen molar-refractivity contribution in [1.29, 1.82) is 0 Å². The van der Waals surface area contributed by atoms with E-state index < -0.39 is 35.7 Å². The molecule has 1 heterocycles. The summed E-state index contributed by atoms with van der Waals surface area (Å²) in [6, 6.07) is 10.8. The van der Waals surface area contributed by atoms with Crippen molar-refractivity contribution in [1.82, 2.24) is 10.2 Å². The quantitative estimate of drug-likeness (QED) is 0.111. The van der Waals surface area contributed by atoms with Gasteiger partial charge >= 0.3 is 5.63 Å². The van der Waals surface area contributed by atoms with Crippen LogP contribution in [0, 0.1) is 3.57 Å². The van der Waals surface area contributed by atoms with Gasteiger partial charge in [-0.05, 0) is 64.9 Å². The summed E-state index contributed by atoms with van der Waals surface area (Å²) < 4.78 is 17.9. The van der Waals surface area contributed by atoms with Gasteiger partial charge in [0.15, 0.2) is 11.5 Å². The number of fused-ring (bicyclic) bond motifs is 1. The number of nitrogens with one attached hydrogen (secondary N) is 1. The Morgan fingerprint density at radius 1 is 1.13 bits per heavy atom. The Balaban J connectivity index is 1.76. The molecule has 0 saturated carbocycles. The van der Waals surface area contributed by atoms with Crippen LogP contribution in [-0.2, 0) is 11.4 Å². The second-order valence-corrected chi connectivity index (χ2v) is 12.0. The highest BCUT2D eigenvalue weighted by Gasteiger charge is 2.41. The zero-order valence-corrected chi connectivity index (χ0v) is 27.5. The van der Waals surface area contributed by atoms with Gasteiger partial charge < -0.3 is 39.4 Å². The van der Waals surface area contributed by atoms with Gasteiger partial charge in [0, 0.05) is 30.5 Å². The number of ether oxygens (including phenoxy) is 2. The summed E-state index contributed by atoms with van der Waals surface area (Å²) in [6.45, 7) is 1.82. The number of benzene rings is 2. The highest BCUT2D eigenvalue weighted by molar-refractivity contribution is 14.1. The van der Waals surface area contributed by atoms with Crippen molar-refractivity contribution < 1.29 is 38.8 Å². The molecule has 1 aliphatic carbocycles. The van der Waals surface area contributed by atoms with E-state index in [4.69, 9.17) is 13.9 Å². The highest BCUT2D eigenvalue weighted by Crippen LogP contribution is 2.37. The van der Waals surface area contributed by atoms with E-state index in [9.17, 15) is 29.7 Å². The molecular formula is C33H39IN2O9. The maximum absolute atomic E-state index is 14.2. The van der Waals surface area contributed by atoms with Crippen LogP contribution in [0.2, 0.25) is 0 Å². The topological polar surface area (TPSA) is 159 Å². The molecule has 0 unspecified atom stereocenters. The number of aliphatic hydroxyl groups is 3. The fourth-order valence-electron chi connectivity index (χ4n) is 5.39. The standard InChI is InChI=1S/C33H39IN2O9/c1-3-4-5-8-12-36(32(41)23-16-21-9-6-7-10-26(21)45-33(23)42)25-17-22(31(40)35-11-13-37)18-27(29(25)39)44-30-24(34)14-20(19-38)15-28(30)43-2/h6-7,9-10,14-16,18,25,27,29,37-39H,3-5,8,11-13,17,19H2,1-2H3,(H,35,40)/t25-,27+,29+/m1/s1. The van der Waals surface area contributed by atoms with E-state index in [1.165, 1.54) is 24.2 Å². The van der Waals surface area contributed by atoms with Crippen LogP contribution in [0.1, 0.15) is 54.9 Å². The largest absolute Gasteiger partial charge is 0.493 e. The van der Waals surface area contributed by atoms with Gasteiger partial charge in [0.2, 0.25) is 5.91 Å². The lowest BCUT2D eigenvalue weighted by molar-refractivity contribution is -0.118. The molecule has 4 N–H and O–H groups in total. The Hall–Kier alpha value is -3.46. The van der Waals surface area contributed by atoms with Crippen LogP contribution >= 0.6 is 22.6 Å². The first-order valence-electron chi connectivity index (χ1n) is 15.0. The molecule has 0 spiro atoms. The number of unbranched alkanes of at least 4 members (excludes halogenated alkanes) is 3. The van der Waals surface area contributed by atoms with Gasteiger partial charge in [-0.25, -0.2) is 4.79 Å². The first-order valence-corrected chi connectivity index (χ1v) is 16.1. The van der Waals surface area contributed by atoms with E-state index in [1.807, 2.05) is 22.6 Å². The van der Waals surface area contributed by atoms with Crippen LogP contribution in [0.4, 0.5) is 0 Å². The zero-order valence-electron chi connectivity index (χ0n) is 25.3. The lowest BCUT2D eigenvalue weighted by Crippen LogP contribution is -2.55. The van der Waals surface area contributed by atoms with E-state index in [2.05, 4.69) is 12.2 Å². The van der Waals surface area contributed by atoms with Crippen molar-refractivity contribution in [2.24, 2.45) is 0 Å². The molecule has 4 rings (SSSR count). The molecule has 3 atom stereocenters. The number of carbonyl (C=O) groups is 2. The summed E-state index contributed by atoms with van der Waals surface area (Å²) in [7, 11) is 1.45. The minimum Gasteiger partial charge on any atom is -0.493 e. The third-order valence-electron chi connectivity index (χ3n) is 7.73. The Labute approximate surface area is 275 Å².